The summed E-state index contributed by atoms with van der Waals surface area (Å²) in [5.74, 6) is 0.511. The summed E-state index contributed by atoms with van der Waals surface area (Å²) in [4.78, 5) is 2.32. The van der Waals surface area contributed by atoms with Crippen LogP contribution in [0.25, 0.3) is 0 Å². The van der Waals surface area contributed by atoms with Crippen LogP contribution in [0.5, 0.6) is 0 Å². The van der Waals surface area contributed by atoms with Crippen LogP contribution in [0.15, 0.2) is 24.3 Å². The average molecular weight is 241 g/mol. The van der Waals surface area contributed by atoms with Gasteiger partial charge >= 0.3 is 0 Å². The van der Waals surface area contributed by atoms with E-state index in [0.29, 0.717) is 12.0 Å². The van der Waals surface area contributed by atoms with Crippen LogP contribution in [-0.4, -0.2) is 24.5 Å². The quantitative estimate of drug-likeness (QED) is 0.858. The topological polar surface area (TPSA) is 29.3 Å². The smallest absolute Gasteiger partial charge is 0.0406 e. The van der Waals surface area contributed by atoms with Crippen molar-refractivity contribution in [3.05, 3.63) is 34.9 Å². The molecule has 2 N–H and O–H groups in total. The third-order valence-electron chi connectivity index (χ3n) is 3.24. The van der Waals surface area contributed by atoms with Gasteiger partial charge < -0.3 is 5.73 Å². The Balaban J connectivity index is 2.56. The predicted molar refractivity (Wildman–Crippen MR) is 70.6 cm³/mol. The Hall–Kier alpha value is -0.570. The van der Waals surface area contributed by atoms with E-state index in [1.54, 1.807) is 0 Å². The number of halogens is 1. The minimum Gasteiger partial charge on any atom is -0.330 e. The molecule has 0 fully saturated rings. The minimum absolute atomic E-state index is 0.487. The second kappa shape index (κ2) is 6.24. The molecule has 0 spiro atoms. The van der Waals surface area contributed by atoms with Gasteiger partial charge in [0.05, 0.1) is 0 Å². The Morgan fingerprint density at radius 3 is 2.31 bits per heavy atom. The maximum Gasteiger partial charge on any atom is 0.0406 e. The molecule has 2 nitrogen and oxygen atoms in total. The Bertz CT molecular complexity index is 310. The number of hydrogen-bond acceptors (Lipinski definition) is 2. The zero-order valence-electron chi connectivity index (χ0n) is 10.3. The molecule has 0 saturated heterocycles. The van der Waals surface area contributed by atoms with E-state index in [1.165, 1.54) is 5.56 Å². The first-order valence-electron chi connectivity index (χ1n) is 5.69. The normalized spacial score (nSPS) is 15.1. The summed E-state index contributed by atoms with van der Waals surface area (Å²) in [6.45, 7) is 6.06. The third kappa shape index (κ3) is 3.78. The summed E-state index contributed by atoms with van der Waals surface area (Å²) >= 11 is 5.85. The van der Waals surface area contributed by atoms with E-state index >= 15 is 0 Å². The van der Waals surface area contributed by atoms with Gasteiger partial charge in [-0.1, -0.05) is 30.7 Å². The van der Waals surface area contributed by atoms with Crippen LogP contribution in [0.4, 0.5) is 0 Å². The van der Waals surface area contributed by atoms with Crippen molar-refractivity contribution in [2.24, 2.45) is 11.7 Å². The second-order valence-corrected chi connectivity index (χ2v) is 4.93. The Morgan fingerprint density at radius 1 is 1.25 bits per heavy atom. The molecule has 16 heavy (non-hydrogen) atoms. The lowest BCUT2D eigenvalue weighted by Crippen LogP contribution is -2.37. The molecule has 0 aliphatic heterocycles. The number of nitrogens with zero attached hydrogens (tertiary/aromatic N) is 1. The van der Waals surface area contributed by atoms with E-state index in [1.807, 2.05) is 12.1 Å². The van der Waals surface area contributed by atoms with Crippen LogP contribution in [0.3, 0.4) is 0 Å². The van der Waals surface area contributed by atoms with Crippen LogP contribution in [0, 0.1) is 5.92 Å². The molecule has 0 heterocycles. The number of benzene rings is 1. The summed E-state index contributed by atoms with van der Waals surface area (Å²) in [5.41, 5.74) is 6.96. The fraction of sp³-hybridized carbons (Fsp3) is 0.538. The van der Waals surface area contributed by atoms with Crippen molar-refractivity contribution >= 4 is 11.6 Å². The lowest BCUT2D eigenvalue weighted by molar-refractivity contribution is 0.194. The maximum atomic E-state index is 5.85. The first-order valence-corrected chi connectivity index (χ1v) is 6.07. The summed E-state index contributed by atoms with van der Waals surface area (Å²) < 4.78 is 0. The summed E-state index contributed by atoms with van der Waals surface area (Å²) in [6.07, 6.45) is 0. The highest BCUT2D eigenvalue weighted by molar-refractivity contribution is 6.30. The van der Waals surface area contributed by atoms with Crippen molar-refractivity contribution in [1.29, 1.82) is 0 Å². The van der Waals surface area contributed by atoms with Gasteiger partial charge in [0.1, 0.15) is 0 Å². The molecule has 0 aliphatic rings. The molecule has 0 saturated carbocycles. The van der Waals surface area contributed by atoms with Crippen molar-refractivity contribution < 1.29 is 0 Å². The van der Waals surface area contributed by atoms with Crippen LogP contribution in [-0.2, 0) is 6.54 Å². The van der Waals surface area contributed by atoms with Crippen molar-refractivity contribution in [2.45, 2.75) is 26.4 Å². The highest BCUT2D eigenvalue weighted by Crippen LogP contribution is 2.14. The Morgan fingerprint density at radius 2 is 1.81 bits per heavy atom. The molecular formula is C13H21ClN2. The van der Waals surface area contributed by atoms with Crippen LogP contribution >= 0.6 is 11.6 Å². The highest BCUT2D eigenvalue weighted by Gasteiger charge is 2.15. The van der Waals surface area contributed by atoms with Gasteiger partial charge in [-0.3, -0.25) is 4.90 Å². The van der Waals surface area contributed by atoms with E-state index in [4.69, 9.17) is 17.3 Å². The fourth-order valence-electron chi connectivity index (χ4n) is 1.65. The lowest BCUT2D eigenvalue weighted by atomic mass is 10.0. The molecule has 1 aromatic rings. The SMILES string of the molecule is CC(CN)C(C)N(C)Cc1ccc(Cl)cc1. The van der Waals surface area contributed by atoms with Gasteiger partial charge in [0.2, 0.25) is 0 Å². The van der Waals surface area contributed by atoms with E-state index in [0.717, 1.165) is 18.1 Å². The molecule has 90 valence electrons. The van der Waals surface area contributed by atoms with Gasteiger partial charge in [-0.15, -0.1) is 0 Å². The molecule has 0 radical (unpaired) electrons. The predicted octanol–water partition coefficient (Wildman–Crippen LogP) is 2.76. The molecule has 1 rings (SSSR count). The van der Waals surface area contributed by atoms with E-state index in [-0.39, 0.29) is 0 Å². The van der Waals surface area contributed by atoms with Crippen LogP contribution < -0.4 is 5.73 Å². The standard InChI is InChI=1S/C13H21ClN2/c1-10(8-15)11(2)16(3)9-12-4-6-13(14)7-5-12/h4-7,10-11H,8-9,15H2,1-3H3. The van der Waals surface area contributed by atoms with Crippen LogP contribution in [0.1, 0.15) is 19.4 Å². The van der Waals surface area contributed by atoms with Crippen molar-refractivity contribution in [1.82, 2.24) is 4.90 Å². The average Bonchev–Trinajstić information content (AvgIpc) is 2.30. The van der Waals surface area contributed by atoms with Gasteiger partial charge in [-0.05, 0) is 44.1 Å². The summed E-state index contributed by atoms with van der Waals surface area (Å²) in [7, 11) is 2.13. The maximum absolute atomic E-state index is 5.85. The zero-order chi connectivity index (χ0) is 12.1. The summed E-state index contributed by atoms with van der Waals surface area (Å²) in [6, 6.07) is 8.49. The number of nitrogens with two attached hydrogens (primary N) is 1. The van der Waals surface area contributed by atoms with Gasteiger partial charge in [0, 0.05) is 17.6 Å². The van der Waals surface area contributed by atoms with Crippen molar-refractivity contribution in [3.8, 4) is 0 Å². The van der Waals surface area contributed by atoms with E-state index < -0.39 is 0 Å². The molecule has 2 atom stereocenters. The zero-order valence-corrected chi connectivity index (χ0v) is 11.0. The van der Waals surface area contributed by atoms with E-state index in [9.17, 15) is 0 Å². The molecule has 0 aromatic heterocycles. The molecule has 0 amide bonds. The largest absolute Gasteiger partial charge is 0.330 e. The first-order chi connectivity index (χ1) is 7.54. The van der Waals surface area contributed by atoms with Gasteiger partial charge in [0.25, 0.3) is 0 Å². The molecule has 2 unspecified atom stereocenters. The molecule has 0 aliphatic carbocycles. The molecule has 3 heteroatoms. The molecular weight excluding hydrogens is 220 g/mol. The van der Waals surface area contributed by atoms with Gasteiger partial charge in [0.15, 0.2) is 0 Å². The Labute approximate surface area is 103 Å². The summed E-state index contributed by atoms with van der Waals surface area (Å²) in [5, 5.41) is 0.787. The molecule has 0 bridgehead atoms. The highest BCUT2D eigenvalue weighted by atomic mass is 35.5. The number of hydrogen-bond donors (Lipinski definition) is 1. The monoisotopic (exact) mass is 240 g/mol. The molecule has 1 aromatic carbocycles. The second-order valence-electron chi connectivity index (χ2n) is 4.50. The van der Waals surface area contributed by atoms with Crippen molar-refractivity contribution in [3.63, 3.8) is 0 Å². The minimum atomic E-state index is 0.487. The van der Waals surface area contributed by atoms with E-state index in [2.05, 4.69) is 37.9 Å². The van der Waals surface area contributed by atoms with Crippen LogP contribution in [0.2, 0.25) is 5.02 Å². The van der Waals surface area contributed by atoms with Gasteiger partial charge in [-0.25, -0.2) is 0 Å². The third-order valence-corrected chi connectivity index (χ3v) is 3.49. The van der Waals surface area contributed by atoms with Crippen molar-refractivity contribution in [2.75, 3.05) is 13.6 Å². The Kier molecular flexibility index (Phi) is 5.26. The first kappa shape index (κ1) is 13.5. The lowest BCUT2D eigenvalue weighted by Gasteiger charge is -2.29. The fourth-order valence-corrected chi connectivity index (χ4v) is 1.78. The number of rotatable bonds is 5. The van der Waals surface area contributed by atoms with Gasteiger partial charge in [-0.2, -0.15) is 0 Å².